The standard InChI is InChI=1S/C15H19FO/c16-13-3-1-2-10(8-13)9-14(17)15(11-4-5-11)12-6-7-12/h1-3,8,11-12,14-15,17H,4-7,9H2. The molecule has 0 aromatic heterocycles. The Morgan fingerprint density at radius 2 is 1.82 bits per heavy atom. The molecular formula is C15H19FO. The Kier molecular flexibility index (Phi) is 2.91. The van der Waals surface area contributed by atoms with E-state index in [1.807, 2.05) is 6.07 Å². The zero-order chi connectivity index (χ0) is 11.8. The Balaban J connectivity index is 1.66. The lowest BCUT2D eigenvalue weighted by atomic mass is 9.88. The molecular weight excluding hydrogens is 215 g/mol. The molecule has 0 heterocycles. The number of hydrogen-bond donors (Lipinski definition) is 1. The van der Waals surface area contributed by atoms with Gasteiger partial charge in [0.1, 0.15) is 5.82 Å². The van der Waals surface area contributed by atoms with Crippen LogP contribution in [0.1, 0.15) is 31.2 Å². The maximum Gasteiger partial charge on any atom is 0.123 e. The van der Waals surface area contributed by atoms with Gasteiger partial charge in [-0.25, -0.2) is 4.39 Å². The average molecular weight is 234 g/mol. The minimum absolute atomic E-state index is 0.205. The molecule has 2 aliphatic rings. The highest BCUT2D eigenvalue weighted by Gasteiger charge is 2.44. The normalized spacial score (nSPS) is 21.8. The molecule has 0 bridgehead atoms. The Morgan fingerprint density at radius 1 is 1.18 bits per heavy atom. The zero-order valence-corrected chi connectivity index (χ0v) is 9.98. The van der Waals surface area contributed by atoms with Crippen molar-refractivity contribution in [3.63, 3.8) is 0 Å². The number of aliphatic hydroxyl groups is 1. The molecule has 2 saturated carbocycles. The van der Waals surface area contributed by atoms with Gasteiger partial charge in [-0.15, -0.1) is 0 Å². The summed E-state index contributed by atoms with van der Waals surface area (Å²) < 4.78 is 13.1. The van der Waals surface area contributed by atoms with Gasteiger partial charge >= 0.3 is 0 Å². The smallest absolute Gasteiger partial charge is 0.123 e. The highest BCUT2D eigenvalue weighted by molar-refractivity contribution is 5.17. The van der Waals surface area contributed by atoms with Crippen LogP contribution in [0.15, 0.2) is 24.3 Å². The predicted molar refractivity (Wildman–Crippen MR) is 65.0 cm³/mol. The van der Waals surface area contributed by atoms with Crippen molar-refractivity contribution in [2.75, 3.05) is 0 Å². The van der Waals surface area contributed by atoms with E-state index in [-0.39, 0.29) is 11.9 Å². The van der Waals surface area contributed by atoms with Crippen molar-refractivity contribution < 1.29 is 9.50 Å². The summed E-state index contributed by atoms with van der Waals surface area (Å²) in [6.45, 7) is 0. The molecule has 0 spiro atoms. The fraction of sp³-hybridized carbons (Fsp3) is 0.600. The quantitative estimate of drug-likeness (QED) is 0.829. The number of halogens is 1. The van der Waals surface area contributed by atoms with Gasteiger partial charge in [0.05, 0.1) is 6.10 Å². The van der Waals surface area contributed by atoms with E-state index in [9.17, 15) is 9.50 Å². The SMILES string of the molecule is OC(Cc1cccc(F)c1)C(C1CC1)C1CC1. The second kappa shape index (κ2) is 4.41. The van der Waals surface area contributed by atoms with E-state index in [4.69, 9.17) is 0 Å². The van der Waals surface area contributed by atoms with Gasteiger partial charge in [-0.3, -0.25) is 0 Å². The van der Waals surface area contributed by atoms with E-state index < -0.39 is 0 Å². The van der Waals surface area contributed by atoms with Crippen LogP contribution in [0.25, 0.3) is 0 Å². The van der Waals surface area contributed by atoms with Gasteiger partial charge in [0.25, 0.3) is 0 Å². The minimum atomic E-state index is -0.281. The molecule has 0 radical (unpaired) electrons. The van der Waals surface area contributed by atoms with Crippen LogP contribution in [0.3, 0.4) is 0 Å². The molecule has 1 nitrogen and oxygen atoms in total. The summed E-state index contributed by atoms with van der Waals surface area (Å²) in [5.41, 5.74) is 0.920. The van der Waals surface area contributed by atoms with Crippen molar-refractivity contribution >= 4 is 0 Å². The Morgan fingerprint density at radius 3 is 2.35 bits per heavy atom. The third kappa shape index (κ3) is 2.68. The van der Waals surface area contributed by atoms with Gasteiger partial charge in [-0.2, -0.15) is 0 Å². The summed E-state index contributed by atoms with van der Waals surface area (Å²) >= 11 is 0. The first kappa shape index (κ1) is 11.2. The fourth-order valence-electron chi connectivity index (χ4n) is 3.02. The molecule has 2 heteroatoms. The summed E-state index contributed by atoms with van der Waals surface area (Å²) in [6.07, 6.45) is 5.44. The number of hydrogen-bond acceptors (Lipinski definition) is 1. The molecule has 1 unspecified atom stereocenters. The Hall–Kier alpha value is -0.890. The monoisotopic (exact) mass is 234 g/mol. The third-order valence-corrected chi connectivity index (χ3v) is 4.11. The second-order valence-electron chi connectivity index (χ2n) is 5.65. The second-order valence-corrected chi connectivity index (χ2v) is 5.65. The van der Waals surface area contributed by atoms with Crippen LogP contribution in [0.4, 0.5) is 4.39 Å². The largest absolute Gasteiger partial charge is 0.392 e. The molecule has 1 aromatic rings. The number of aliphatic hydroxyl groups excluding tert-OH is 1. The van der Waals surface area contributed by atoms with Crippen LogP contribution in [-0.4, -0.2) is 11.2 Å². The Bertz CT molecular complexity index is 384. The summed E-state index contributed by atoms with van der Waals surface area (Å²) in [6, 6.07) is 6.62. The van der Waals surface area contributed by atoms with Crippen molar-refractivity contribution in [3.8, 4) is 0 Å². The van der Waals surface area contributed by atoms with E-state index in [0.717, 1.165) is 17.4 Å². The molecule has 3 rings (SSSR count). The highest BCUT2D eigenvalue weighted by Crippen LogP contribution is 2.51. The number of rotatable bonds is 5. The van der Waals surface area contributed by atoms with Gasteiger partial charge in [0.2, 0.25) is 0 Å². The molecule has 1 atom stereocenters. The van der Waals surface area contributed by atoms with E-state index in [2.05, 4.69) is 0 Å². The predicted octanol–water partition coefficient (Wildman–Crippen LogP) is 3.17. The van der Waals surface area contributed by atoms with Crippen molar-refractivity contribution in [3.05, 3.63) is 35.6 Å². The van der Waals surface area contributed by atoms with Crippen LogP contribution < -0.4 is 0 Å². The molecule has 0 amide bonds. The van der Waals surface area contributed by atoms with E-state index in [1.54, 1.807) is 12.1 Å². The summed E-state index contributed by atoms with van der Waals surface area (Å²) in [4.78, 5) is 0. The van der Waals surface area contributed by atoms with Gasteiger partial charge < -0.3 is 5.11 Å². The summed E-state index contributed by atoms with van der Waals surface area (Å²) in [5, 5.41) is 10.4. The molecule has 17 heavy (non-hydrogen) atoms. The van der Waals surface area contributed by atoms with Crippen LogP contribution in [-0.2, 0) is 6.42 Å². The minimum Gasteiger partial charge on any atom is -0.392 e. The van der Waals surface area contributed by atoms with Crippen LogP contribution in [0, 0.1) is 23.6 Å². The Labute approximate surface area is 102 Å². The third-order valence-electron chi connectivity index (χ3n) is 4.11. The van der Waals surface area contributed by atoms with Crippen molar-refractivity contribution in [1.29, 1.82) is 0 Å². The zero-order valence-electron chi connectivity index (χ0n) is 9.98. The lowest BCUT2D eigenvalue weighted by Crippen LogP contribution is -2.26. The molecule has 0 saturated heterocycles. The maximum absolute atomic E-state index is 13.1. The lowest BCUT2D eigenvalue weighted by Gasteiger charge is -2.22. The molecule has 2 aliphatic carbocycles. The van der Waals surface area contributed by atoms with Crippen molar-refractivity contribution in [1.82, 2.24) is 0 Å². The van der Waals surface area contributed by atoms with Crippen LogP contribution in [0.2, 0.25) is 0 Å². The highest BCUT2D eigenvalue weighted by atomic mass is 19.1. The van der Waals surface area contributed by atoms with Gasteiger partial charge in [0.15, 0.2) is 0 Å². The topological polar surface area (TPSA) is 20.2 Å². The number of benzene rings is 1. The van der Waals surface area contributed by atoms with Gasteiger partial charge in [-0.05, 0) is 67.6 Å². The van der Waals surface area contributed by atoms with Gasteiger partial charge in [-0.1, -0.05) is 12.1 Å². The lowest BCUT2D eigenvalue weighted by molar-refractivity contribution is 0.0825. The maximum atomic E-state index is 13.1. The van der Waals surface area contributed by atoms with Crippen molar-refractivity contribution in [2.45, 2.75) is 38.2 Å². The summed E-state index contributed by atoms with van der Waals surface area (Å²) in [7, 11) is 0. The molecule has 2 fully saturated rings. The first-order valence-corrected chi connectivity index (χ1v) is 6.66. The van der Waals surface area contributed by atoms with E-state index in [1.165, 1.54) is 31.7 Å². The van der Waals surface area contributed by atoms with E-state index >= 15 is 0 Å². The van der Waals surface area contributed by atoms with E-state index in [0.29, 0.717) is 12.3 Å². The molecule has 1 aromatic carbocycles. The van der Waals surface area contributed by atoms with Crippen LogP contribution >= 0.6 is 0 Å². The molecule has 0 aliphatic heterocycles. The average Bonchev–Trinajstić information content (AvgIpc) is 3.11. The summed E-state index contributed by atoms with van der Waals surface area (Å²) in [5.74, 6) is 1.75. The van der Waals surface area contributed by atoms with Crippen molar-refractivity contribution in [2.24, 2.45) is 17.8 Å². The van der Waals surface area contributed by atoms with Crippen LogP contribution in [0.5, 0.6) is 0 Å². The first-order chi connectivity index (χ1) is 8.24. The first-order valence-electron chi connectivity index (χ1n) is 6.66. The molecule has 92 valence electrons. The fourth-order valence-corrected chi connectivity index (χ4v) is 3.02. The molecule has 1 N–H and O–H groups in total. The van der Waals surface area contributed by atoms with Gasteiger partial charge in [0, 0.05) is 0 Å².